The van der Waals surface area contributed by atoms with E-state index in [4.69, 9.17) is 98.5 Å². The molecule has 4 aliphatic heterocycles. The highest BCUT2D eigenvalue weighted by Gasteiger charge is 2.49. The van der Waals surface area contributed by atoms with E-state index in [0.717, 1.165) is 37.6 Å². The largest absolute Gasteiger partial charge is 0.511 e. The average Bonchev–Trinajstić information content (AvgIpc) is 1.74. The van der Waals surface area contributed by atoms with Crippen molar-refractivity contribution >= 4 is 81.9 Å². The second-order valence-electron chi connectivity index (χ2n) is 21.8. The molecule has 2 unspecified atom stereocenters. The molecular weight excluding hydrogens is 1240 g/mol. The lowest BCUT2D eigenvalue weighted by Crippen LogP contribution is -2.48. The number of benzene rings is 4. The van der Waals surface area contributed by atoms with Crippen LogP contribution in [0.2, 0.25) is 20.1 Å². The summed E-state index contributed by atoms with van der Waals surface area (Å²) in [5.41, 5.74) is 3.26. The molecule has 0 bridgehead atoms. The Morgan fingerprint density at radius 3 is 1.31 bits per heavy atom. The maximum absolute atomic E-state index is 12.7. The molecule has 2 amide bonds. The molecule has 6 heterocycles. The molecule has 0 aliphatic carbocycles. The van der Waals surface area contributed by atoms with Crippen molar-refractivity contribution in [1.82, 2.24) is 18.9 Å². The predicted molar refractivity (Wildman–Crippen MR) is 325 cm³/mol. The number of halogens is 4. The van der Waals surface area contributed by atoms with Gasteiger partial charge in [-0.1, -0.05) is 58.5 Å². The van der Waals surface area contributed by atoms with Gasteiger partial charge in [0.15, 0.2) is 0 Å². The van der Waals surface area contributed by atoms with E-state index >= 15 is 0 Å². The van der Waals surface area contributed by atoms with Gasteiger partial charge in [-0.15, -0.1) is 0 Å². The topological polar surface area (TPSA) is 200 Å². The number of carbonyl (C=O) groups excluding carboxylic acids is 4. The second-order valence-corrected chi connectivity index (χ2v) is 23.4. The summed E-state index contributed by atoms with van der Waals surface area (Å²) < 4.78 is 72.6. The van der Waals surface area contributed by atoms with Crippen LogP contribution in [-0.4, -0.2) is 160 Å². The third kappa shape index (κ3) is 16.9. The van der Waals surface area contributed by atoms with Crippen LogP contribution >= 0.6 is 46.4 Å². The number of anilines is 2. The summed E-state index contributed by atoms with van der Waals surface area (Å²) in [6.45, 7) is 13.3. The van der Waals surface area contributed by atoms with Crippen molar-refractivity contribution in [1.29, 1.82) is 0 Å². The van der Waals surface area contributed by atoms with Gasteiger partial charge in [-0.05, 0) is 72.8 Å². The molecule has 6 atom stereocenters. The first-order valence-corrected chi connectivity index (χ1v) is 30.8. The molecule has 89 heavy (non-hydrogen) atoms. The van der Waals surface area contributed by atoms with Crippen molar-refractivity contribution < 1.29 is 80.4 Å². The molecule has 10 rings (SSSR count). The number of nitrogens with zero attached hydrogens (tertiary/aromatic N) is 8. The highest BCUT2D eigenvalue weighted by atomic mass is 35.5. The summed E-state index contributed by atoms with van der Waals surface area (Å²) in [6, 6.07) is 25.9. The van der Waals surface area contributed by atoms with Crippen LogP contribution in [0.25, 0.3) is 0 Å². The van der Waals surface area contributed by atoms with E-state index in [1.165, 1.54) is 0 Å². The third-order valence-corrected chi connectivity index (χ3v) is 16.7. The maximum Gasteiger partial charge on any atom is 0.511 e. The van der Waals surface area contributed by atoms with Crippen LogP contribution in [0.4, 0.5) is 21.0 Å². The van der Waals surface area contributed by atoms with Crippen LogP contribution < -0.4 is 28.4 Å². The van der Waals surface area contributed by atoms with Gasteiger partial charge in [0.2, 0.25) is 48.5 Å². The average molecular weight is 1310 g/mol. The summed E-state index contributed by atoms with van der Waals surface area (Å²) in [6.07, 6.45) is 6.21. The van der Waals surface area contributed by atoms with Crippen LogP contribution in [0.3, 0.4) is 0 Å². The maximum atomic E-state index is 12.7. The SMILES string of the molecule is CC(=O)N1CCN(c2ccc(OC[C@@H]3CO[C@@](Cn4cc[n+](C(C)OC(=O)OCCOCCOC(=O)OC(C)[n+]5ccn(C[C@@]6(c7ccc(Cl)cc7Cl)OC[C@@H](COc7ccc(N8CCN(C(C)=O)CC8)cc7)O6)c5)c4)(c4ccc(Cl)cc4Cl)O3)cc2)CC1. The van der Waals surface area contributed by atoms with Gasteiger partial charge in [-0.2, -0.15) is 9.13 Å². The zero-order chi connectivity index (χ0) is 62.7. The van der Waals surface area contributed by atoms with E-state index in [0.29, 0.717) is 68.9 Å². The third-order valence-electron chi connectivity index (χ3n) is 15.6. The van der Waals surface area contributed by atoms with Gasteiger partial charge < -0.3 is 71.7 Å². The van der Waals surface area contributed by atoms with Gasteiger partial charge in [0.1, 0.15) is 88.0 Å². The van der Waals surface area contributed by atoms with Gasteiger partial charge in [-0.3, -0.25) is 9.59 Å². The molecule has 4 aliphatic rings. The lowest BCUT2D eigenvalue weighted by Gasteiger charge is -2.35. The number of ether oxygens (including phenoxy) is 11. The van der Waals surface area contributed by atoms with Crippen LogP contribution in [0, 0.1) is 0 Å². The first-order valence-electron chi connectivity index (χ1n) is 29.3. The molecule has 0 radical (unpaired) electrons. The van der Waals surface area contributed by atoms with Crippen molar-refractivity contribution in [2.45, 2.75) is 77.0 Å². The Hall–Kier alpha value is -7.06. The van der Waals surface area contributed by atoms with E-state index in [1.807, 2.05) is 67.5 Å². The molecule has 2 aromatic heterocycles. The molecule has 476 valence electrons. The fraction of sp³-hybridized carbons (Fsp3) is 0.452. The zero-order valence-corrected chi connectivity index (χ0v) is 52.8. The van der Waals surface area contributed by atoms with Crippen LogP contribution in [-0.2, 0) is 76.9 Å². The number of piperazine rings is 2. The van der Waals surface area contributed by atoms with E-state index in [9.17, 15) is 19.2 Å². The lowest BCUT2D eigenvalue weighted by molar-refractivity contribution is -0.753. The smallest absolute Gasteiger partial charge is 0.491 e. The number of carbonyl (C=O) groups is 4. The van der Waals surface area contributed by atoms with Crippen LogP contribution in [0.15, 0.2) is 122 Å². The van der Waals surface area contributed by atoms with Crippen molar-refractivity contribution in [3.05, 3.63) is 154 Å². The minimum atomic E-state index is -1.32. The molecule has 23 nitrogen and oxygen atoms in total. The number of hydrogen-bond acceptors (Lipinski definition) is 17. The van der Waals surface area contributed by atoms with Crippen molar-refractivity contribution in [3.63, 3.8) is 0 Å². The fourth-order valence-electron chi connectivity index (χ4n) is 10.8. The number of rotatable bonds is 24. The minimum Gasteiger partial charge on any atom is -0.491 e. The Morgan fingerprint density at radius 2 is 0.944 bits per heavy atom. The standard InChI is InChI=1S/C62H72Cl4N8O15/c1-43(75)69-21-25-71(26-22-69)49-7-11-51(12-8-49)82-35-53-37-84-61(88-53,55-15-5-47(63)33-57(55)65)39-67-17-19-73(41-67)45(3)86-59(77)80-31-29-79-30-32-81-60(78)87-46(4)74-20-18-68(42-74)40-62(56-16-6-48(64)34-58(56)66)85-38-54(89-62)36-83-52-13-9-50(10-14-52)72-27-23-70(24-28-72)44(2)76/h5-20,33-34,41-42,45-46,53-54H,21-32,35-40H2,1-4H3/q+2/t45?,46?,53-,54-,61-,62-/m1/s1. The Morgan fingerprint density at radius 1 is 0.551 bits per heavy atom. The number of imidazole rings is 2. The summed E-state index contributed by atoms with van der Waals surface area (Å²) >= 11 is 26.1. The molecule has 6 aromatic rings. The second kappa shape index (κ2) is 29.7. The number of amides is 2. The van der Waals surface area contributed by atoms with Crippen molar-refractivity contribution in [3.8, 4) is 11.5 Å². The molecule has 0 saturated carbocycles. The fourth-order valence-corrected chi connectivity index (χ4v) is 11.9. The Kier molecular flexibility index (Phi) is 21.7. The normalized spacial score (nSPS) is 20.9. The predicted octanol–water partition coefficient (Wildman–Crippen LogP) is 8.57. The quantitative estimate of drug-likeness (QED) is 0.0317. The van der Waals surface area contributed by atoms with Crippen LogP contribution in [0.1, 0.15) is 51.3 Å². The summed E-state index contributed by atoms with van der Waals surface area (Å²) in [5, 5.41) is 1.64. The first-order chi connectivity index (χ1) is 42.9. The Labute approximate surface area is 535 Å². The first kappa shape index (κ1) is 64.9. The van der Waals surface area contributed by atoms with Gasteiger partial charge >= 0.3 is 12.3 Å². The highest BCUT2D eigenvalue weighted by Crippen LogP contribution is 2.42. The monoisotopic (exact) mass is 1310 g/mol. The molecule has 0 spiro atoms. The van der Waals surface area contributed by atoms with Crippen LogP contribution in [0.5, 0.6) is 11.5 Å². The molecule has 27 heteroatoms. The Bertz CT molecular complexity index is 3160. The van der Waals surface area contributed by atoms with E-state index < -0.39 is 48.5 Å². The van der Waals surface area contributed by atoms with Gasteiger partial charge in [-0.25, -0.2) is 18.7 Å². The Balaban J connectivity index is 0.628. The number of hydrogen-bond donors (Lipinski definition) is 0. The molecule has 0 N–H and O–H groups in total. The van der Waals surface area contributed by atoms with Gasteiger partial charge in [0.25, 0.3) is 0 Å². The molecule has 4 saturated heterocycles. The lowest BCUT2D eigenvalue weighted by atomic mass is 10.1. The molecule has 4 fully saturated rings. The summed E-state index contributed by atoms with van der Waals surface area (Å²) in [4.78, 5) is 57.2. The minimum absolute atomic E-state index is 0.00195. The van der Waals surface area contributed by atoms with Gasteiger partial charge in [0.05, 0.1) is 36.5 Å². The van der Waals surface area contributed by atoms with E-state index in [1.54, 1.807) is 111 Å². The van der Waals surface area contributed by atoms with Gasteiger partial charge in [0, 0.05) is 113 Å². The highest BCUT2D eigenvalue weighted by molar-refractivity contribution is 6.35. The zero-order valence-electron chi connectivity index (χ0n) is 49.8. The molecular formula is C62H72Cl4N8O15+2. The van der Waals surface area contributed by atoms with E-state index in [-0.39, 0.29) is 77.8 Å². The molecule has 4 aromatic carbocycles. The van der Waals surface area contributed by atoms with E-state index in [2.05, 4.69) is 9.80 Å². The van der Waals surface area contributed by atoms with Crippen molar-refractivity contribution in [2.24, 2.45) is 0 Å². The summed E-state index contributed by atoms with van der Waals surface area (Å²) in [5.74, 6) is -1.12. The number of aromatic nitrogens is 4. The van der Waals surface area contributed by atoms with Crippen molar-refractivity contribution in [2.75, 3.05) is 115 Å². The summed E-state index contributed by atoms with van der Waals surface area (Å²) in [7, 11) is 0.